The van der Waals surface area contributed by atoms with Gasteiger partial charge in [-0.25, -0.2) is 0 Å². The second-order valence-corrected chi connectivity index (χ2v) is 19.9. The van der Waals surface area contributed by atoms with Crippen LogP contribution in [0.4, 0.5) is 0 Å². The van der Waals surface area contributed by atoms with Crippen LogP contribution in [0.3, 0.4) is 0 Å². The molecular formula is C40H53NP2. The summed E-state index contributed by atoms with van der Waals surface area (Å²) in [4.78, 5) is 4.50. The van der Waals surface area contributed by atoms with Crippen molar-refractivity contribution in [1.29, 1.82) is 0 Å². The minimum atomic E-state index is -0.925. The molecule has 0 bridgehead atoms. The summed E-state index contributed by atoms with van der Waals surface area (Å²) in [6, 6.07) is 36.7. The van der Waals surface area contributed by atoms with E-state index in [1.807, 2.05) is 0 Å². The predicted octanol–water partition coefficient (Wildman–Crippen LogP) is 9.86. The maximum atomic E-state index is 4.50. The minimum Gasteiger partial charge on any atom is -0.259 e. The van der Waals surface area contributed by atoms with Crippen molar-refractivity contribution in [2.75, 3.05) is 0 Å². The summed E-state index contributed by atoms with van der Waals surface area (Å²) in [5, 5.41) is 5.71. The largest absolute Gasteiger partial charge is 0.259 e. The summed E-state index contributed by atoms with van der Waals surface area (Å²) in [7, 11) is -1.85. The zero-order valence-electron chi connectivity index (χ0n) is 28.6. The van der Waals surface area contributed by atoms with Crippen LogP contribution in [0.5, 0.6) is 0 Å². The Balaban J connectivity index is 2.10. The molecule has 0 heterocycles. The van der Waals surface area contributed by atoms with Gasteiger partial charge in [-0.2, -0.15) is 0 Å². The molecule has 0 aliphatic carbocycles. The predicted molar refractivity (Wildman–Crippen MR) is 196 cm³/mol. The second-order valence-electron chi connectivity index (χ2n) is 15.8. The lowest BCUT2D eigenvalue weighted by Crippen LogP contribution is -2.37. The normalized spacial score (nSPS) is 13.2. The van der Waals surface area contributed by atoms with Gasteiger partial charge in [0.1, 0.15) is 0 Å². The summed E-state index contributed by atoms with van der Waals surface area (Å²) in [5.74, 6) is 0. The first-order valence-corrected chi connectivity index (χ1v) is 18.3. The van der Waals surface area contributed by atoms with Crippen LogP contribution in [0.1, 0.15) is 105 Å². The molecule has 0 aliphatic heterocycles. The molecule has 0 unspecified atom stereocenters. The Morgan fingerprint density at radius 1 is 0.326 bits per heavy atom. The summed E-state index contributed by atoms with van der Waals surface area (Å²) in [5.41, 5.74) is 5.74. The van der Waals surface area contributed by atoms with Crippen LogP contribution < -0.4 is 26.1 Å². The van der Waals surface area contributed by atoms with Crippen LogP contribution in [0, 0.1) is 0 Å². The quantitative estimate of drug-likeness (QED) is 0.215. The average Bonchev–Trinajstić information content (AvgIpc) is 2.92. The van der Waals surface area contributed by atoms with Crippen LogP contribution in [-0.4, -0.2) is 0 Å². The zero-order chi connectivity index (χ0) is 31.8. The van der Waals surface area contributed by atoms with Gasteiger partial charge in [0, 0.05) is 16.1 Å². The molecule has 0 aliphatic rings. The van der Waals surface area contributed by atoms with E-state index in [-0.39, 0.29) is 21.7 Å². The minimum absolute atomic E-state index is 0.0188. The number of rotatable bonds is 6. The van der Waals surface area contributed by atoms with Crippen molar-refractivity contribution in [3.63, 3.8) is 0 Å². The lowest BCUT2D eigenvalue weighted by molar-refractivity contribution is 0.593. The topological polar surface area (TPSA) is 12.0 Å². The van der Waals surface area contributed by atoms with Crippen LogP contribution in [0.25, 0.3) is 0 Å². The number of nitrogens with one attached hydrogen (secondary N) is 1. The first kappa shape index (κ1) is 33.6. The summed E-state index contributed by atoms with van der Waals surface area (Å²) < 4.78 is 0. The SMILES string of the molecule is CC(C)(C)c1ccccc1P(NP(c1ccccc1C(C)(C)C)c1ccccc1C(C)(C)C)c1ccccc1C(C)(C)C. The Morgan fingerprint density at radius 2 is 0.512 bits per heavy atom. The molecule has 4 rings (SSSR count). The number of benzene rings is 4. The van der Waals surface area contributed by atoms with E-state index in [4.69, 9.17) is 0 Å². The second kappa shape index (κ2) is 12.6. The molecular weight excluding hydrogens is 556 g/mol. The van der Waals surface area contributed by atoms with Gasteiger partial charge in [-0.3, -0.25) is 4.86 Å². The molecule has 0 spiro atoms. The molecule has 0 saturated carbocycles. The standard InChI is InChI=1S/C40H53NP2/c1-37(2,3)29-21-13-17-25-33(29)42(34-26-18-14-22-30(34)38(4,5)6)41-43(35-27-19-15-23-31(35)39(7,8)9)36-28-20-16-24-32(36)40(10,11)12/h13-28,41H,1-12H3. The van der Waals surface area contributed by atoms with E-state index in [0.29, 0.717) is 0 Å². The summed E-state index contributed by atoms with van der Waals surface area (Å²) in [6.45, 7) is 28.2. The van der Waals surface area contributed by atoms with Crippen molar-refractivity contribution in [3.8, 4) is 0 Å². The van der Waals surface area contributed by atoms with Crippen molar-refractivity contribution >= 4 is 37.4 Å². The molecule has 4 aromatic rings. The lowest BCUT2D eigenvalue weighted by atomic mass is 9.87. The molecule has 1 N–H and O–H groups in total. The molecule has 43 heavy (non-hydrogen) atoms. The number of hydrogen-bond donors (Lipinski definition) is 1. The highest BCUT2D eigenvalue weighted by Crippen LogP contribution is 2.48. The molecule has 1 nitrogen and oxygen atoms in total. The van der Waals surface area contributed by atoms with E-state index in [0.717, 1.165) is 0 Å². The van der Waals surface area contributed by atoms with Gasteiger partial charge < -0.3 is 0 Å². The fourth-order valence-electron chi connectivity index (χ4n) is 5.79. The van der Waals surface area contributed by atoms with E-state index in [1.165, 1.54) is 43.5 Å². The van der Waals surface area contributed by atoms with Crippen LogP contribution in [-0.2, 0) is 21.7 Å². The highest BCUT2D eigenvalue weighted by atomic mass is 31.2. The van der Waals surface area contributed by atoms with E-state index in [1.54, 1.807) is 0 Å². The molecule has 0 aromatic heterocycles. The van der Waals surface area contributed by atoms with Gasteiger partial charge in [-0.05, 0) is 65.1 Å². The monoisotopic (exact) mass is 609 g/mol. The first-order chi connectivity index (χ1) is 19.9. The number of hydrogen-bond acceptors (Lipinski definition) is 1. The Hall–Kier alpha value is -2.30. The first-order valence-electron chi connectivity index (χ1n) is 15.7. The van der Waals surface area contributed by atoms with Gasteiger partial charge in [0.15, 0.2) is 0 Å². The van der Waals surface area contributed by atoms with Crippen molar-refractivity contribution in [2.24, 2.45) is 0 Å². The Labute approximate surface area is 265 Å². The van der Waals surface area contributed by atoms with Gasteiger partial charge >= 0.3 is 0 Å². The maximum absolute atomic E-state index is 4.50. The fourth-order valence-corrected chi connectivity index (χ4v) is 12.4. The molecule has 0 saturated heterocycles. The Kier molecular flexibility index (Phi) is 9.84. The Morgan fingerprint density at radius 3 is 0.698 bits per heavy atom. The molecule has 0 fully saturated rings. The molecule has 4 aromatic carbocycles. The zero-order valence-corrected chi connectivity index (χ0v) is 30.4. The maximum Gasteiger partial charge on any atom is 0.0300 e. The Bertz CT molecular complexity index is 1310. The average molecular weight is 610 g/mol. The van der Waals surface area contributed by atoms with Crippen molar-refractivity contribution in [1.82, 2.24) is 4.86 Å². The lowest BCUT2D eigenvalue weighted by Gasteiger charge is -2.37. The smallest absolute Gasteiger partial charge is 0.0300 e. The fraction of sp³-hybridized carbons (Fsp3) is 0.400. The van der Waals surface area contributed by atoms with Crippen LogP contribution in [0.15, 0.2) is 97.1 Å². The molecule has 3 heteroatoms. The van der Waals surface area contributed by atoms with Crippen molar-refractivity contribution in [2.45, 2.75) is 105 Å². The highest BCUT2D eigenvalue weighted by molar-refractivity contribution is 7.85. The van der Waals surface area contributed by atoms with E-state index < -0.39 is 16.1 Å². The van der Waals surface area contributed by atoms with Crippen LogP contribution >= 0.6 is 16.1 Å². The summed E-state index contributed by atoms with van der Waals surface area (Å²) in [6.07, 6.45) is 0. The highest BCUT2D eigenvalue weighted by Gasteiger charge is 2.34. The van der Waals surface area contributed by atoms with E-state index in [2.05, 4.69) is 185 Å². The van der Waals surface area contributed by atoms with Crippen molar-refractivity contribution in [3.05, 3.63) is 119 Å². The van der Waals surface area contributed by atoms with Gasteiger partial charge in [-0.1, -0.05) is 180 Å². The van der Waals surface area contributed by atoms with E-state index in [9.17, 15) is 0 Å². The molecule has 0 amide bonds. The van der Waals surface area contributed by atoms with E-state index >= 15 is 0 Å². The van der Waals surface area contributed by atoms with Gasteiger partial charge in [0.25, 0.3) is 0 Å². The van der Waals surface area contributed by atoms with Gasteiger partial charge in [0.2, 0.25) is 0 Å². The third-order valence-electron chi connectivity index (χ3n) is 8.01. The molecule has 228 valence electrons. The molecule has 0 atom stereocenters. The summed E-state index contributed by atoms with van der Waals surface area (Å²) >= 11 is 0. The van der Waals surface area contributed by atoms with Gasteiger partial charge in [-0.15, -0.1) is 0 Å². The third kappa shape index (κ3) is 7.68. The van der Waals surface area contributed by atoms with Gasteiger partial charge in [0.05, 0.1) is 0 Å². The third-order valence-corrected chi connectivity index (χ3v) is 13.1. The van der Waals surface area contributed by atoms with Crippen LogP contribution in [0.2, 0.25) is 0 Å². The van der Waals surface area contributed by atoms with Crippen molar-refractivity contribution < 1.29 is 0 Å². The molecule has 0 radical (unpaired) electrons.